The van der Waals surface area contributed by atoms with E-state index < -0.39 is 0 Å². The normalized spacial score (nSPS) is 12.2. The summed E-state index contributed by atoms with van der Waals surface area (Å²) in [5, 5.41) is 7.24. The Labute approximate surface area is 162 Å². The molecule has 1 amide bonds. The fourth-order valence-electron chi connectivity index (χ4n) is 3.16. The number of thiophene rings is 1. The maximum absolute atomic E-state index is 13.4. The largest absolute Gasteiger partial charge is 0.347 e. The number of nitrogens with two attached hydrogens (primary N) is 1. The van der Waals surface area contributed by atoms with Gasteiger partial charge in [0.05, 0.1) is 16.8 Å². The number of halogens is 1. The van der Waals surface area contributed by atoms with Gasteiger partial charge in [0.25, 0.3) is 5.91 Å². The number of amides is 1. The molecular formula is C20H23FN4OS. The van der Waals surface area contributed by atoms with Crippen molar-refractivity contribution in [2.45, 2.75) is 26.3 Å². The molecular weight excluding hydrogens is 363 g/mol. The predicted molar refractivity (Wildman–Crippen MR) is 106 cm³/mol. The van der Waals surface area contributed by atoms with Crippen molar-refractivity contribution in [1.29, 1.82) is 0 Å². The summed E-state index contributed by atoms with van der Waals surface area (Å²) >= 11 is 1.45. The van der Waals surface area contributed by atoms with E-state index in [9.17, 15) is 9.18 Å². The molecule has 0 spiro atoms. The van der Waals surface area contributed by atoms with E-state index in [2.05, 4.69) is 10.4 Å². The third-order valence-corrected chi connectivity index (χ3v) is 5.56. The summed E-state index contributed by atoms with van der Waals surface area (Å²) < 4.78 is 15.2. The molecule has 0 aliphatic rings. The number of carbonyl (C=O) groups is 1. The summed E-state index contributed by atoms with van der Waals surface area (Å²) in [4.78, 5) is 14.4. The van der Waals surface area contributed by atoms with Crippen LogP contribution < -0.4 is 11.1 Å². The van der Waals surface area contributed by atoms with E-state index >= 15 is 0 Å². The third-order valence-electron chi connectivity index (χ3n) is 4.51. The van der Waals surface area contributed by atoms with Crippen LogP contribution in [0.3, 0.4) is 0 Å². The van der Waals surface area contributed by atoms with Gasteiger partial charge in [0, 0.05) is 30.1 Å². The van der Waals surface area contributed by atoms with Gasteiger partial charge in [-0.05, 0) is 49.6 Å². The van der Waals surface area contributed by atoms with Gasteiger partial charge in [0.1, 0.15) is 5.82 Å². The average Bonchev–Trinajstić information content (AvgIpc) is 3.16. The van der Waals surface area contributed by atoms with E-state index in [0.29, 0.717) is 11.3 Å². The van der Waals surface area contributed by atoms with Crippen molar-refractivity contribution in [3.8, 4) is 11.3 Å². The molecule has 0 aliphatic heterocycles. The smallest absolute Gasteiger partial charge is 0.261 e. The first kappa shape index (κ1) is 19.3. The van der Waals surface area contributed by atoms with Crippen LogP contribution in [0.4, 0.5) is 4.39 Å². The van der Waals surface area contributed by atoms with Crippen LogP contribution in [0.1, 0.15) is 25.7 Å². The number of benzene rings is 1. The second kappa shape index (κ2) is 8.02. The zero-order valence-electron chi connectivity index (χ0n) is 15.6. The Bertz CT molecular complexity index is 943. The van der Waals surface area contributed by atoms with Crippen LogP contribution in [0.25, 0.3) is 11.3 Å². The topological polar surface area (TPSA) is 72.9 Å². The second-order valence-corrected chi connectivity index (χ2v) is 7.88. The van der Waals surface area contributed by atoms with E-state index in [-0.39, 0.29) is 24.3 Å². The highest BCUT2D eigenvalue weighted by Gasteiger charge is 2.19. The van der Waals surface area contributed by atoms with Gasteiger partial charge in [-0.3, -0.25) is 9.48 Å². The summed E-state index contributed by atoms with van der Waals surface area (Å²) in [6.07, 6.45) is 2.30. The minimum absolute atomic E-state index is 0.166. The van der Waals surface area contributed by atoms with Crippen LogP contribution in [-0.2, 0) is 13.5 Å². The minimum Gasteiger partial charge on any atom is -0.347 e. The van der Waals surface area contributed by atoms with E-state index in [1.807, 2.05) is 43.9 Å². The first-order valence-corrected chi connectivity index (χ1v) is 9.55. The SMILES string of the molecule is Cc1cnn(C)c1-c1cc(C(=O)N[C@H](CN)Cc2cccc(F)c2)sc1C. The maximum Gasteiger partial charge on any atom is 0.261 e. The Morgan fingerprint density at radius 1 is 1.37 bits per heavy atom. The summed E-state index contributed by atoms with van der Waals surface area (Å²) in [6.45, 7) is 4.28. The Balaban J connectivity index is 1.76. The summed E-state index contributed by atoms with van der Waals surface area (Å²) in [5.74, 6) is -0.458. The molecule has 0 radical (unpaired) electrons. The van der Waals surface area contributed by atoms with Crippen LogP contribution in [0, 0.1) is 19.7 Å². The van der Waals surface area contributed by atoms with Crippen molar-refractivity contribution in [1.82, 2.24) is 15.1 Å². The molecule has 0 saturated carbocycles. The molecule has 0 saturated heterocycles. The number of aromatic nitrogens is 2. The van der Waals surface area contributed by atoms with E-state index in [0.717, 1.165) is 27.3 Å². The molecule has 1 aromatic carbocycles. The lowest BCUT2D eigenvalue weighted by atomic mass is 10.1. The number of rotatable bonds is 6. The lowest BCUT2D eigenvalue weighted by Crippen LogP contribution is -2.41. The number of hydrogen-bond donors (Lipinski definition) is 2. The fourth-order valence-corrected chi connectivity index (χ4v) is 4.09. The summed E-state index contributed by atoms with van der Waals surface area (Å²) in [7, 11) is 1.89. The third kappa shape index (κ3) is 4.26. The molecule has 7 heteroatoms. The van der Waals surface area contributed by atoms with Gasteiger partial charge in [0.2, 0.25) is 0 Å². The minimum atomic E-state index is -0.292. The van der Waals surface area contributed by atoms with Gasteiger partial charge in [-0.1, -0.05) is 12.1 Å². The van der Waals surface area contributed by atoms with Gasteiger partial charge in [-0.15, -0.1) is 11.3 Å². The second-order valence-electron chi connectivity index (χ2n) is 6.62. The first-order valence-electron chi connectivity index (χ1n) is 8.73. The van der Waals surface area contributed by atoms with E-state index in [1.54, 1.807) is 6.07 Å². The number of carbonyl (C=O) groups excluding carboxylic acids is 1. The standard InChI is InChI=1S/C20H23FN4OS/c1-12-11-23-25(3)19(12)17-9-18(27-13(17)2)20(26)24-16(10-22)8-14-5-4-6-15(21)7-14/h4-7,9,11,16H,8,10,22H2,1-3H3,(H,24,26)/t16-/m0/s1. The van der Waals surface area contributed by atoms with Crippen LogP contribution in [0.15, 0.2) is 36.5 Å². The molecule has 2 aromatic heterocycles. The molecule has 0 bridgehead atoms. The highest BCUT2D eigenvalue weighted by molar-refractivity contribution is 7.14. The molecule has 5 nitrogen and oxygen atoms in total. The molecule has 0 aliphatic carbocycles. The quantitative estimate of drug-likeness (QED) is 0.683. The van der Waals surface area contributed by atoms with Crippen LogP contribution in [-0.4, -0.2) is 28.3 Å². The summed E-state index contributed by atoms with van der Waals surface area (Å²) in [6, 6.07) is 7.99. The Morgan fingerprint density at radius 2 is 2.15 bits per heavy atom. The van der Waals surface area contributed by atoms with Crippen molar-refractivity contribution >= 4 is 17.2 Å². The van der Waals surface area contributed by atoms with Crippen LogP contribution in [0.2, 0.25) is 0 Å². The molecule has 27 heavy (non-hydrogen) atoms. The number of aryl methyl sites for hydroxylation is 3. The van der Waals surface area contributed by atoms with Gasteiger partial charge >= 0.3 is 0 Å². The maximum atomic E-state index is 13.4. The molecule has 3 N–H and O–H groups in total. The molecule has 3 rings (SSSR count). The van der Waals surface area contributed by atoms with E-state index in [1.165, 1.54) is 23.5 Å². The van der Waals surface area contributed by atoms with Gasteiger partial charge in [0.15, 0.2) is 0 Å². The number of nitrogens with one attached hydrogen (secondary N) is 1. The zero-order chi connectivity index (χ0) is 19.6. The highest BCUT2D eigenvalue weighted by atomic mass is 32.1. The predicted octanol–water partition coefficient (Wildman–Crippen LogP) is 3.20. The van der Waals surface area contributed by atoms with Crippen molar-refractivity contribution in [2.75, 3.05) is 6.54 Å². The van der Waals surface area contributed by atoms with Crippen LogP contribution >= 0.6 is 11.3 Å². The molecule has 1 atom stereocenters. The highest BCUT2D eigenvalue weighted by Crippen LogP contribution is 2.32. The Kier molecular flexibility index (Phi) is 5.72. The molecule has 0 unspecified atom stereocenters. The average molecular weight is 386 g/mol. The molecule has 0 fully saturated rings. The number of hydrogen-bond acceptors (Lipinski definition) is 4. The lowest BCUT2D eigenvalue weighted by Gasteiger charge is -2.16. The van der Waals surface area contributed by atoms with Gasteiger partial charge in [-0.25, -0.2) is 4.39 Å². The van der Waals surface area contributed by atoms with Gasteiger partial charge in [-0.2, -0.15) is 5.10 Å². The first-order chi connectivity index (χ1) is 12.9. The van der Waals surface area contributed by atoms with Crippen molar-refractivity contribution in [2.24, 2.45) is 12.8 Å². The summed E-state index contributed by atoms with van der Waals surface area (Å²) in [5.41, 5.74) is 9.71. The van der Waals surface area contributed by atoms with Crippen molar-refractivity contribution < 1.29 is 9.18 Å². The Morgan fingerprint density at radius 3 is 2.78 bits per heavy atom. The molecule has 3 aromatic rings. The van der Waals surface area contributed by atoms with E-state index in [4.69, 9.17) is 5.73 Å². The number of nitrogens with zero attached hydrogens (tertiary/aromatic N) is 2. The lowest BCUT2D eigenvalue weighted by molar-refractivity contribution is 0.0942. The zero-order valence-corrected chi connectivity index (χ0v) is 16.4. The monoisotopic (exact) mass is 386 g/mol. The fraction of sp³-hybridized carbons (Fsp3) is 0.300. The van der Waals surface area contributed by atoms with Crippen molar-refractivity contribution in [3.63, 3.8) is 0 Å². The van der Waals surface area contributed by atoms with Crippen LogP contribution in [0.5, 0.6) is 0 Å². The van der Waals surface area contributed by atoms with Gasteiger partial charge < -0.3 is 11.1 Å². The molecule has 142 valence electrons. The Hall–Kier alpha value is -2.51. The molecule has 2 heterocycles. The van der Waals surface area contributed by atoms with Crippen molar-refractivity contribution in [3.05, 3.63) is 63.2 Å².